The van der Waals surface area contributed by atoms with Crippen molar-refractivity contribution in [3.05, 3.63) is 0 Å². The number of carbonyl (C=O) groups is 2. The smallest absolute Gasteiger partial charge is 0.329 e. The van der Waals surface area contributed by atoms with Gasteiger partial charge in [-0.05, 0) is 38.6 Å². The molecule has 2 aliphatic heterocycles. The summed E-state index contributed by atoms with van der Waals surface area (Å²) in [6.45, 7) is 4.10. The first-order valence-corrected chi connectivity index (χ1v) is 6.87. The Balaban J connectivity index is 2.15. The second kappa shape index (κ2) is 5.26. The van der Waals surface area contributed by atoms with Crippen LogP contribution < -0.4 is 5.32 Å². The van der Waals surface area contributed by atoms with Gasteiger partial charge < -0.3 is 15.3 Å². The van der Waals surface area contributed by atoms with Crippen molar-refractivity contribution < 1.29 is 14.7 Å². The molecule has 2 N–H and O–H groups in total. The highest BCUT2D eigenvalue weighted by Crippen LogP contribution is 2.34. The quantitative estimate of drug-likeness (QED) is 0.783. The first-order chi connectivity index (χ1) is 8.62. The summed E-state index contributed by atoms with van der Waals surface area (Å²) in [5, 5.41) is 12.7. The summed E-state index contributed by atoms with van der Waals surface area (Å²) in [7, 11) is 0. The van der Waals surface area contributed by atoms with E-state index in [9.17, 15) is 14.7 Å². The molecule has 2 unspecified atom stereocenters. The number of carbonyl (C=O) groups excluding carboxylic acids is 1. The summed E-state index contributed by atoms with van der Waals surface area (Å²) in [6, 6.07) is 0. The highest BCUT2D eigenvalue weighted by Gasteiger charge is 2.49. The fourth-order valence-electron chi connectivity index (χ4n) is 3.22. The first-order valence-electron chi connectivity index (χ1n) is 6.87. The maximum atomic E-state index is 12.5. The predicted molar refractivity (Wildman–Crippen MR) is 67.2 cm³/mol. The number of hydrogen-bond acceptors (Lipinski definition) is 3. The van der Waals surface area contributed by atoms with Gasteiger partial charge in [0, 0.05) is 13.1 Å². The SMILES string of the molecule is CCC1(C(=O)O)CCCN1C(=O)C1CCCNC1. The van der Waals surface area contributed by atoms with Crippen molar-refractivity contribution in [1.29, 1.82) is 0 Å². The normalized spacial score (nSPS) is 32.5. The van der Waals surface area contributed by atoms with Crippen molar-refractivity contribution in [2.24, 2.45) is 5.92 Å². The number of piperidine rings is 1. The zero-order chi connectivity index (χ0) is 13.2. The number of aliphatic carboxylic acids is 1. The minimum Gasteiger partial charge on any atom is -0.479 e. The first kappa shape index (κ1) is 13.3. The maximum Gasteiger partial charge on any atom is 0.329 e. The van der Waals surface area contributed by atoms with Gasteiger partial charge in [0.15, 0.2) is 0 Å². The van der Waals surface area contributed by atoms with Gasteiger partial charge in [-0.25, -0.2) is 4.79 Å². The number of nitrogens with zero attached hydrogens (tertiary/aromatic N) is 1. The van der Waals surface area contributed by atoms with Gasteiger partial charge in [-0.15, -0.1) is 0 Å². The van der Waals surface area contributed by atoms with Crippen LogP contribution in [0.2, 0.25) is 0 Å². The number of rotatable bonds is 3. The molecule has 0 aromatic rings. The molecule has 0 radical (unpaired) electrons. The van der Waals surface area contributed by atoms with Crippen LogP contribution >= 0.6 is 0 Å². The van der Waals surface area contributed by atoms with Gasteiger partial charge in [0.2, 0.25) is 5.91 Å². The molecule has 102 valence electrons. The summed E-state index contributed by atoms with van der Waals surface area (Å²) < 4.78 is 0. The van der Waals surface area contributed by atoms with E-state index in [0.29, 0.717) is 25.9 Å². The summed E-state index contributed by atoms with van der Waals surface area (Å²) >= 11 is 0. The van der Waals surface area contributed by atoms with E-state index in [1.54, 1.807) is 4.90 Å². The van der Waals surface area contributed by atoms with Crippen LogP contribution in [0.25, 0.3) is 0 Å². The molecular weight excluding hydrogens is 232 g/mol. The monoisotopic (exact) mass is 254 g/mol. The summed E-state index contributed by atoms with van der Waals surface area (Å²) in [5.41, 5.74) is -0.950. The number of nitrogens with one attached hydrogen (secondary N) is 1. The second-order valence-electron chi connectivity index (χ2n) is 5.33. The lowest BCUT2D eigenvalue weighted by Crippen LogP contribution is -2.55. The van der Waals surface area contributed by atoms with Gasteiger partial charge >= 0.3 is 5.97 Å². The standard InChI is InChI=1S/C13H22N2O3/c1-2-13(12(17)18)6-4-8-15(13)11(16)10-5-3-7-14-9-10/h10,14H,2-9H2,1H3,(H,17,18). The Morgan fingerprint density at radius 1 is 1.44 bits per heavy atom. The molecular formula is C13H22N2O3. The Hall–Kier alpha value is -1.10. The van der Waals surface area contributed by atoms with E-state index in [1.807, 2.05) is 6.92 Å². The predicted octanol–water partition coefficient (Wildman–Crippen LogP) is 0.842. The van der Waals surface area contributed by atoms with E-state index in [2.05, 4.69) is 5.32 Å². The lowest BCUT2D eigenvalue weighted by atomic mass is 9.90. The Morgan fingerprint density at radius 3 is 2.78 bits per heavy atom. The third-order valence-electron chi connectivity index (χ3n) is 4.38. The van der Waals surface area contributed by atoms with Crippen molar-refractivity contribution in [3.63, 3.8) is 0 Å². The summed E-state index contributed by atoms with van der Waals surface area (Å²) in [4.78, 5) is 25.7. The van der Waals surface area contributed by atoms with Crippen LogP contribution in [0.3, 0.4) is 0 Å². The summed E-state index contributed by atoms with van der Waals surface area (Å²) in [5.74, 6) is -0.856. The van der Waals surface area contributed by atoms with E-state index < -0.39 is 11.5 Å². The van der Waals surface area contributed by atoms with Gasteiger partial charge in [0.25, 0.3) is 0 Å². The lowest BCUT2D eigenvalue weighted by Gasteiger charge is -2.37. The van der Waals surface area contributed by atoms with E-state index >= 15 is 0 Å². The van der Waals surface area contributed by atoms with E-state index in [4.69, 9.17) is 0 Å². The molecule has 0 aromatic carbocycles. The number of likely N-dealkylation sites (tertiary alicyclic amines) is 1. The van der Waals surface area contributed by atoms with Gasteiger partial charge in [-0.1, -0.05) is 6.92 Å². The molecule has 18 heavy (non-hydrogen) atoms. The number of carboxylic acids is 1. The topological polar surface area (TPSA) is 69.6 Å². The van der Waals surface area contributed by atoms with Gasteiger partial charge in [0.1, 0.15) is 5.54 Å². The van der Waals surface area contributed by atoms with Crippen LogP contribution in [-0.2, 0) is 9.59 Å². The fraction of sp³-hybridized carbons (Fsp3) is 0.846. The number of hydrogen-bond donors (Lipinski definition) is 2. The van der Waals surface area contributed by atoms with E-state index in [-0.39, 0.29) is 11.8 Å². The average Bonchev–Trinajstić information content (AvgIpc) is 2.84. The molecule has 2 heterocycles. The molecule has 2 aliphatic rings. The Bertz CT molecular complexity index is 339. The van der Waals surface area contributed by atoms with Crippen LogP contribution in [-0.4, -0.2) is 47.1 Å². The minimum atomic E-state index is -0.950. The molecule has 2 fully saturated rings. The molecule has 2 rings (SSSR count). The maximum absolute atomic E-state index is 12.5. The van der Waals surface area contributed by atoms with Crippen LogP contribution in [0.4, 0.5) is 0 Å². The Kier molecular flexibility index (Phi) is 3.90. The highest BCUT2D eigenvalue weighted by molar-refractivity contribution is 5.89. The molecule has 0 aromatic heterocycles. The third kappa shape index (κ3) is 2.11. The van der Waals surface area contributed by atoms with E-state index in [1.165, 1.54) is 0 Å². The third-order valence-corrected chi connectivity index (χ3v) is 4.38. The largest absolute Gasteiger partial charge is 0.479 e. The van der Waals surface area contributed by atoms with Crippen molar-refractivity contribution in [2.45, 2.75) is 44.6 Å². The van der Waals surface area contributed by atoms with Crippen molar-refractivity contribution in [3.8, 4) is 0 Å². The van der Waals surface area contributed by atoms with Crippen LogP contribution in [0.1, 0.15) is 39.0 Å². The Labute approximate surface area is 108 Å². The van der Waals surface area contributed by atoms with Gasteiger partial charge in [-0.3, -0.25) is 4.79 Å². The molecule has 2 saturated heterocycles. The lowest BCUT2D eigenvalue weighted by molar-refractivity contribution is -0.158. The molecule has 5 nitrogen and oxygen atoms in total. The molecule has 0 spiro atoms. The van der Waals surface area contributed by atoms with Crippen LogP contribution in [0, 0.1) is 5.92 Å². The van der Waals surface area contributed by atoms with Crippen molar-refractivity contribution in [1.82, 2.24) is 10.2 Å². The van der Waals surface area contributed by atoms with Crippen LogP contribution in [0.5, 0.6) is 0 Å². The molecule has 1 amide bonds. The molecule has 0 bridgehead atoms. The Morgan fingerprint density at radius 2 is 2.22 bits per heavy atom. The van der Waals surface area contributed by atoms with Crippen LogP contribution in [0.15, 0.2) is 0 Å². The fourth-order valence-corrected chi connectivity index (χ4v) is 3.22. The molecule has 2 atom stereocenters. The zero-order valence-corrected chi connectivity index (χ0v) is 10.9. The average molecular weight is 254 g/mol. The van der Waals surface area contributed by atoms with Crippen molar-refractivity contribution in [2.75, 3.05) is 19.6 Å². The molecule has 0 saturated carbocycles. The zero-order valence-electron chi connectivity index (χ0n) is 10.9. The minimum absolute atomic E-state index is 0.0314. The number of amides is 1. The molecule has 5 heteroatoms. The molecule has 0 aliphatic carbocycles. The second-order valence-corrected chi connectivity index (χ2v) is 5.33. The van der Waals surface area contributed by atoms with Gasteiger partial charge in [0.05, 0.1) is 5.92 Å². The number of carboxylic acid groups (broad SMARTS) is 1. The van der Waals surface area contributed by atoms with Crippen molar-refractivity contribution >= 4 is 11.9 Å². The van der Waals surface area contributed by atoms with E-state index in [0.717, 1.165) is 25.8 Å². The summed E-state index contributed by atoms with van der Waals surface area (Å²) in [6.07, 6.45) is 3.75. The van der Waals surface area contributed by atoms with Gasteiger partial charge in [-0.2, -0.15) is 0 Å². The highest BCUT2D eigenvalue weighted by atomic mass is 16.4.